The van der Waals surface area contributed by atoms with Gasteiger partial charge in [0, 0.05) is 27.2 Å². The maximum atomic E-state index is 3.74. The van der Waals surface area contributed by atoms with Crippen molar-refractivity contribution < 1.29 is 0 Å². The second-order valence-corrected chi connectivity index (χ2v) is 6.73. The van der Waals surface area contributed by atoms with Crippen LogP contribution in [-0.2, 0) is 0 Å². The van der Waals surface area contributed by atoms with E-state index >= 15 is 0 Å². The molecule has 98 valence electrons. The quantitative estimate of drug-likeness (QED) is 0.853. The highest BCUT2D eigenvalue weighted by molar-refractivity contribution is 9.10. The van der Waals surface area contributed by atoms with Gasteiger partial charge in [0.2, 0.25) is 0 Å². The number of nitrogens with one attached hydrogen (secondary N) is 1. The molecule has 3 heteroatoms. The molecule has 1 heterocycles. The van der Waals surface area contributed by atoms with Crippen LogP contribution in [0.3, 0.4) is 0 Å². The number of hydrogen-bond donors (Lipinski definition) is 1. The Balaban J connectivity index is 1.78. The number of hydrogen-bond acceptors (Lipinski definition) is 2. The van der Waals surface area contributed by atoms with Gasteiger partial charge in [-0.25, -0.2) is 0 Å². The van der Waals surface area contributed by atoms with E-state index < -0.39 is 0 Å². The van der Waals surface area contributed by atoms with E-state index in [1.807, 2.05) is 11.8 Å². The van der Waals surface area contributed by atoms with Crippen molar-refractivity contribution in [3.8, 4) is 0 Å². The lowest BCUT2D eigenvalue weighted by molar-refractivity contribution is 0.500. The van der Waals surface area contributed by atoms with Crippen LogP contribution in [0.5, 0.6) is 0 Å². The van der Waals surface area contributed by atoms with Crippen LogP contribution in [0, 0.1) is 0 Å². The van der Waals surface area contributed by atoms with Gasteiger partial charge in [0.05, 0.1) is 0 Å². The molecule has 1 N–H and O–H groups in total. The predicted molar refractivity (Wildman–Crippen MR) is 85.6 cm³/mol. The molecule has 0 aliphatic carbocycles. The second kappa shape index (κ2) is 5.70. The fourth-order valence-electron chi connectivity index (χ4n) is 2.52. The molecule has 1 aliphatic heterocycles. The Morgan fingerprint density at radius 2 is 1.89 bits per heavy atom. The normalized spacial score (nSPS) is 19.2. The van der Waals surface area contributed by atoms with E-state index in [1.165, 1.54) is 20.5 Å². The zero-order valence-corrected chi connectivity index (χ0v) is 13.2. The molecule has 2 aromatic rings. The van der Waals surface area contributed by atoms with Gasteiger partial charge in [0.25, 0.3) is 0 Å². The average Bonchev–Trinajstić information content (AvgIpc) is 2.83. The third-order valence-corrected chi connectivity index (χ3v) is 5.43. The Bertz CT molecular complexity index is 584. The molecule has 3 rings (SSSR count). The van der Waals surface area contributed by atoms with Crippen LogP contribution in [0.1, 0.15) is 30.1 Å². The van der Waals surface area contributed by atoms with Gasteiger partial charge in [0.15, 0.2) is 0 Å². The van der Waals surface area contributed by atoms with Crippen molar-refractivity contribution in [2.45, 2.75) is 23.9 Å². The van der Waals surface area contributed by atoms with Crippen molar-refractivity contribution in [1.29, 1.82) is 0 Å². The van der Waals surface area contributed by atoms with Gasteiger partial charge in [-0.1, -0.05) is 52.3 Å². The molecule has 19 heavy (non-hydrogen) atoms. The summed E-state index contributed by atoms with van der Waals surface area (Å²) >= 11 is 5.58. The van der Waals surface area contributed by atoms with Crippen molar-refractivity contribution >= 4 is 27.7 Å². The van der Waals surface area contributed by atoms with E-state index in [9.17, 15) is 0 Å². The molecular weight excluding hydrogens is 318 g/mol. The lowest BCUT2D eigenvalue weighted by atomic mass is 10.0. The van der Waals surface area contributed by atoms with Crippen molar-refractivity contribution in [2.24, 2.45) is 0 Å². The van der Waals surface area contributed by atoms with E-state index in [2.05, 4.69) is 76.7 Å². The van der Waals surface area contributed by atoms with Gasteiger partial charge in [-0.2, -0.15) is 0 Å². The minimum atomic E-state index is 0.340. The molecule has 0 spiro atoms. The minimum Gasteiger partial charge on any atom is -0.303 e. The van der Waals surface area contributed by atoms with Crippen LogP contribution >= 0.6 is 27.7 Å². The first-order valence-corrected chi connectivity index (χ1v) is 8.26. The highest BCUT2D eigenvalue weighted by atomic mass is 79.9. The lowest BCUT2D eigenvalue weighted by Gasteiger charge is -2.21. The van der Waals surface area contributed by atoms with Gasteiger partial charge in [-0.3, -0.25) is 0 Å². The fraction of sp³-hybridized carbons (Fsp3) is 0.250. The van der Waals surface area contributed by atoms with Crippen LogP contribution in [0.4, 0.5) is 0 Å². The Morgan fingerprint density at radius 1 is 1.16 bits per heavy atom. The topological polar surface area (TPSA) is 12.0 Å². The number of fused-ring (bicyclic) bond motifs is 1. The molecule has 2 unspecified atom stereocenters. The van der Waals surface area contributed by atoms with Crippen LogP contribution in [-0.4, -0.2) is 5.75 Å². The zero-order chi connectivity index (χ0) is 13.2. The van der Waals surface area contributed by atoms with E-state index in [-0.39, 0.29) is 0 Å². The Labute approximate surface area is 126 Å². The minimum absolute atomic E-state index is 0.340. The summed E-state index contributed by atoms with van der Waals surface area (Å²) in [6, 6.07) is 17.9. The standard InChI is InChI=1S/C16H16BrNS/c1-11(12-6-2-4-8-14(12)17)18-15-10-19-16-9-5-3-7-13(15)16/h2-9,11,15,18H,10H2,1H3. The summed E-state index contributed by atoms with van der Waals surface area (Å²) < 4.78 is 1.17. The Kier molecular flexibility index (Phi) is 3.96. The molecule has 0 saturated heterocycles. The summed E-state index contributed by atoms with van der Waals surface area (Å²) in [6.07, 6.45) is 0. The summed E-state index contributed by atoms with van der Waals surface area (Å²) in [7, 11) is 0. The van der Waals surface area contributed by atoms with Gasteiger partial charge in [0.1, 0.15) is 0 Å². The predicted octanol–water partition coefficient (Wildman–Crippen LogP) is 4.95. The molecule has 0 amide bonds. The maximum absolute atomic E-state index is 3.74. The smallest absolute Gasteiger partial charge is 0.0431 e. The third kappa shape index (κ3) is 2.73. The molecule has 1 aliphatic rings. The first-order valence-electron chi connectivity index (χ1n) is 6.48. The zero-order valence-electron chi connectivity index (χ0n) is 10.8. The van der Waals surface area contributed by atoms with Gasteiger partial charge in [-0.05, 0) is 30.2 Å². The third-order valence-electron chi connectivity index (χ3n) is 3.52. The highest BCUT2D eigenvalue weighted by Gasteiger charge is 2.24. The first kappa shape index (κ1) is 13.2. The molecule has 2 atom stereocenters. The van der Waals surface area contributed by atoms with Crippen LogP contribution < -0.4 is 5.32 Å². The molecule has 0 fully saturated rings. The van der Waals surface area contributed by atoms with Crippen molar-refractivity contribution in [1.82, 2.24) is 5.32 Å². The highest BCUT2D eigenvalue weighted by Crippen LogP contribution is 2.39. The van der Waals surface area contributed by atoms with Crippen LogP contribution in [0.15, 0.2) is 57.9 Å². The maximum Gasteiger partial charge on any atom is 0.0431 e. The SMILES string of the molecule is CC(NC1CSc2ccccc21)c1ccccc1Br. The molecule has 0 radical (unpaired) electrons. The largest absolute Gasteiger partial charge is 0.303 e. The van der Waals surface area contributed by atoms with Crippen LogP contribution in [0.2, 0.25) is 0 Å². The molecule has 2 aromatic carbocycles. The molecule has 0 saturated carbocycles. The number of rotatable bonds is 3. The van der Waals surface area contributed by atoms with Crippen molar-refractivity contribution in [2.75, 3.05) is 5.75 Å². The summed E-state index contributed by atoms with van der Waals surface area (Å²) in [4.78, 5) is 1.42. The average molecular weight is 334 g/mol. The van der Waals surface area contributed by atoms with E-state index in [1.54, 1.807) is 0 Å². The summed E-state index contributed by atoms with van der Waals surface area (Å²) in [5.41, 5.74) is 2.75. The fourth-order valence-corrected chi connectivity index (χ4v) is 4.32. The van der Waals surface area contributed by atoms with E-state index in [4.69, 9.17) is 0 Å². The first-order chi connectivity index (χ1) is 9.25. The van der Waals surface area contributed by atoms with E-state index in [0.29, 0.717) is 12.1 Å². The van der Waals surface area contributed by atoms with Gasteiger partial charge < -0.3 is 5.32 Å². The monoisotopic (exact) mass is 333 g/mol. The lowest BCUT2D eigenvalue weighted by Crippen LogP contribution is -2.24. The summed E-state index contributed by atoms with van der Waals surface area (Å²) in [6.45, 7) is 2.23. The second-order valence-electron chi connectivity index (χ2n) is 4.81. The Hall–Kier alpha value is -0.770. The number of benzene rings is 2. The Morgan fingerprint density at radius 3 is 2.74 bits per heavy atom. The molecular formula is C16H16BrNS. The molecule has 1 nitrogen and oxygen atoms in total. The number of thioether (sulfide) groups is 1. The van der Waals surface area contributed by atoms with Gasteiger partial charge in [-0.15, -0.1) is 11.8 Å². The van der Waals surface area contributed by atoms with Crippen LogP contribution in [0.25, 0.3) is 0 Å². The molecule has 0 bridgehead atoms. The van der Waals surface area contributed by atoms with Gasteiger partial charge >= 0.3 is 0 Å². The van der Waals surface area contributed by atoms with Crippen molar-refractivity contribution in [3.63, 3.8) is 0 Å². The number of halogens is 1. The van der Waals surface area contributed by atoms with Crippen molar-refractivity contribution in [3.05, 3.63) is 64.1 Å². The molecule has 0 aromatic heterocycles. The summed E-state index contributed by atoms with van der Waals surface area (Å²) in [5, 5.41) is 3.74. The summed E-state index contributed by atoms with van der Waals surface area (Å²) in [5.74, 6) is 1.12. The van der Waals surface area contributed by atoms with E-state index in [0.717, 1.165) is 5.75 Å².